The van der Waals surface area contributed by atoms with Gasteiger partial charge in [-0.15, -0.1) is 0 Å². The molecule has 0 spiro atoms. The van der Waals surface area contributed by atoms with Crippen LogP contribution in [0.5, 0.6) is 5.75 Å². The molecule has 31 heavy (non-hydrogen) atoms. The average Bonchev–Trinajstić information content (AvgIpc) is 3.30. The van der Waals surface area contributed by atoms with Crippen molar-refractivity contribution < 1.29 is 19.4 Å². The van der Waals surface area contributed by atoms with Crippen LogP contribution in [-0.2, 0) is 4.74 Å². The third-order valence-corrected chi connectivity index (χ3v) is 4.99. The van der Waals surface area contributed by atoms with Gasteiger partial charge >= 0.3 is 5.97 Å². The molecule has 0 aliphatic carbocycles. The molecule has 3 N–H and O–H groups in total. The number of hydrogen-bond donors (Lipinski definition) is 3. The molecule has 0 saturated heterocycles. The molecule has 0 fully saturated rings. The highest BCUT2D eigenvalue weighted by atomic mass is 16.5. The van der Waals surface area contributed by atoms with Crippen LogP contribution in [0.2, 0.25) is 0 Å². The maximum absolute atomic E-state index is 12.1. The number of aromatic nitrogens is 2. The summed E-state index contributed by atoms with van der Waals surface area (Å²) in [5.41, 5.74) is 2.94. The first-order valence-electron chi connectivity index (χ1n) is 9.97. The Morgan fingerprint density at radius 1 is 1.26 bits per heavy atom. The lowest BCUT2D eigenvalue weighted by atomic mass is 10.2. The Morgan fingerprint density at radius 3 is 2.68 bits per heavy atom. The van der Waals surface area contributed by atoms with E-state index >= 15 is 0 Å². The van der Waals surface area contributed by atoms with Crippen molar-refractivity contribution >= 4 is 34.1 Å². The van der Waals surface area contributed by atoms with Crippen LogP contribution in [0.4, 0.5) is 5.69 Å². The van der Waals surface area contributed by atoms with E-state index in [1.165, 1.54) is 0 Å². The van der Waals surface area contributed by atoms with Gasteiger partial charge in [0, 0.05) is 11.8 Å². The summed E-state index contributed by atoms with van der Waals surface area (Å²) >= 11 is 0. The fourth-order valence-electron chi connectivity index (χ4n) is 3.39. The number of methoxy groups -OCH3 is 1. The first-order valence-corrected chi connectivity index (χ1v) is 9.97. The van der Waals surface area contributed by atoms with E-state index in [2.05, 4.69) is 9.97 Å². The quantitative estimate of drug-likeness (QED) is 0.517. The second-order valence-electron chi connectivity index (χ2n) is 7.76. The van der Waals surface area contributed by atoms with Gasteiger partial charge in [-0.1, -0.05) is 13.8 Å². The van der Waals surface area contributed by atoms with Gasteiger partial charge in [0.1, 0.15) is 23.2 Å². The maximum Gasteiger partial charge on any atom is 0.338 e. The summed E-state index contributed by atoms with van der Waals surface area (Å²) in [6.07, 6.45) is 0. The van der Waals surface area contributed by atoms with Gasteiger partial charge in [-0.3, -0.25) is 5.41 Å². The monoisotopic (exact) mass is 420 g/mol. The number of nitrogens with one attached hydrogen (secondary N) is 2. The molecular formula is C23H24N4O4. The van der Waals surface area contributed by atoms with Crippen LogP contribution >= 0.6 is 0 Å². The minimum absolute atomic E-state index is 0.0523. The van der Waals surface area contributed by atoms with Gasteiger partial charge in [-0.05, 0) is 42.3 Å². The molecule has 0 radical (unpaired) electrons. The molecule has 0 amide bonds. The Balaban J connectivity index is 1.54. The molecule has 2 aromatic carbocycles. The highest BCUT2D eigenvalue weighted by molar-refractivity contribution is 6.30. The predicted molar refractivity (Wildman–Crippen MR) is 119 cm³/mol. The lowest BCUT2D eigenvalue weighted by Crippen LogP contribution is -2.26. The molecule has 8 heteroatoms. The average molecular weight is 420 g/mol. The predicted octanol–water partition coefficient (Wildman–Crippen LogP) is 4.15. The summed E-state index contributed by atoms with van der Waals surface area (Å²) in [7, 11) is 1.59. The van der Waals surface area contributed by atoms with Crippen molar-refractivity contribution in [1.29, 1.82) is 5.41 Å². The van der Waals surface area contributed by atoms with Crippen LogP contribution in [-0.4, -0.2) is 47.1 Å². The van der Waals surface area contributed by atoms with Crippen molar-refractivity contribution in [2.45, 2.75) is 13.8 Å². The number of carbonyl (C=O) groups excluding carboxylic acids is 1. The Hall–Kier alpha value is -3.81. The van der Waals surface area contributed by atoms with Crippen LogP contribution in [0, 0.1) is 11.3 Å². The largest absolute Gasteiger partial charge is 0.509 e. The smallest absolute Gasteiger partial charge is 0.338 e. The van der Waals surface area contributed by atoms with Gasteiger partial charge in [0.15, 0.2) is 0 Å². The topological polar surface area (TPSA) is 112 Å². The molecule has 1 aromatic heterocycles. The van der Waals surface area contributed by atoms with Crippen molar-refractivity contribution in [3.63, 3.8) is 0 Å². The number of aliphatic hydroxyl groups excluding tert-OH is 1. The highest BCUT2D eigenvalue weighted by Crippen LogP contribution is 2.31. The van der Waals surface area contributed by atoms with Crippen molar-refractivity contribution in [2.75, 3.05) is 25.2 Å². The molecule has 0 unspecified atom stereocenters. The molecule has 1 aliphatic heterocycles. The SMILES string of the molecule is COc1ccc2nc(C3=C(O)CN(c4ccc(C(=O)OCC(C)C)cc4)C3=N)[nH]c2c1. The van der Waals surface area contributed by atoms with Crippen LogP contribution < -0.4 is 9.64 Å². The second kappa shape index (κ2) is 8.14. The summed E-state index contributed by atoms with van der Waals surface area (Å²) in [5, 5.41) is 19.2. The standard InChI is InChI=1S/C23H24N4O4/c1-13(2)12-31-23(29)14-4-6-15(7-5-14)27-11-19(28)20(21(27)24)22-25-17-9-8-16(30-3)10-18(17)26-22/h4-10,13,24,28H,11-12H2,1-3H3,(H,25,26). The molecule has 1 aliphatic rings. The number of H-pyrrole nitrogens is 1. The number of amidine groups is 1. The molecule has 3 aromatic rings. The molecule has 160 valence electrons. The van der Waals surface area contributed by atoms with E-state index in [9.17, 15) is 9.90 Å². The van der Waals surface area contributed by atoms with E-state index in [1.807, 2.05) is 26.0 Å². The van der Waals surface area contributed by atoms with Crippen LogP contribution in [0.1, 0.15) is 30.0 Å². The van der Waals surface area contributed by atoms with Crippen LogP contribution in [0.3, 0.4) is 0 Å². The number of rotatable bonds is 6. The first kappa shape index (κ1) is 20.5. The van der Waals surface area contributed by atoms with Crippen molar-refractivity contribution in [1.82, 2.24) is 9.97 Å². The Morgan fingerprint density at radius 2 is 2.00 bits per heavy atom. The Kier molecular flexibility index (Phi) is 5.37. The second-order valence-corrected chi connectivity index (χ2v) is 7.76. The van der Waals surface area contributed by atoms with Gasteiger partial charge in [0.25, 0.3) is 0 Å². The summed E-state index contributed by atoms with van der Waals surface area (Å²) in [5.74, 6) is 1.17. The normalized spacial score (nSPS) is 14.1. The number of ether oxygens (including phenoxy) is 2. The molecule has 0 bridgehead atoms. The van der Waals surface area contributed by atoms with E-state index in [1.54, 1.807) is 42.3 Å². The van der Waals surface area contributed by atoms with E-state index in [0.717, 1.165) is 5.52 Å². The van der Waals surface area contributed by atoms with E-state index in [-0.39, 0.29) is 30.0 Å². The number of fused-ring (bicyclic) bond motifs is 1. The summed E-state index contributed by atoms with van der Waals surface area (Å²) in [6, 6.07) is 12.2. The van der Waals surface area contributed by atoms with Gasteiger partial charge in [-0.25, -0.2) is 9.78 Å². The third-order valence-electron chi connectivity index (χ3n) is 4.99. The Labute approximate surface area is 179 Å². The molecule has 0 saturated carbocycles. The number of aromatic amines is 1. The molecule has 8 nitrogen and oxygen atoms in total. The third kappa shape index (κ3) is 3.96. The maximum atomic E-state index is 12.1. The zero-order chi connectivity index (χ0) is 22.1. The van der Waals surface area contributed by atoms with E-state index in [4.69, 9.17) is 14.9 Å². The fraction of sp³-hybridized carbons (Fsp3) is 0.261. The number of imidazole rings is 1. The van der Waals surface area contributed by atoms with E-state index in [0.29, 0.717) is 40.5 Å². The number of anilines is 1. The van der Waals surface area contributed by atoms with Crippen molar-refractivity contribution in [3.8, 4) is 5.75 Å². The fourth-order valence-corrected chi connectivity index (χ4v) is 3.39. The number of benzene rings is 2. The number of esters is 1. The highest BCUT2D eigenvalue weighted by Gasteiger charge is 2.31. The van der Waals surface area contributed by atoms with Crippen LogP contribution in [0.25, 0.3) is 16.6 Å². The van der Waals surface area contributed by atoms with Gasteiger partial charge in [0.2, 0.25) is 0 Å². The molecule has 4 rings (SSSR count). The molecule has 2 heterocycles. The lowest BCUT2D eigenvalue weighted by molar-refractivity contribution is 0.0459. The number of carbonyl (C=O) groups is 1. The minimum Gasteiger partial charge on any atom is -0.509 e. The molecular weight excluding hydrogens is 396 g/mol. The number of nitrogens with zero attached hydrogens (tertiary/aromatic N) is 2. The van der Waals surface area contributed by atoms with E-state index < -0.39 is 0 Å². The van der Waals surface area contributed by atoms with Gasteiger partial charge in [0.05, 0.1) is 42.4 Å². The number of aliphatic hydroxyl groups is 1. The summed E-state index contributed by atoms with van der Waals surface area (Å²) in [6.45, 7) is 4.46. The minimum atomic E-state index is -0.379. The van der Waals surface area contributed by atoms with Gasteiger partial charge in [-0.2, -0.15) is 0 Å². The van der Waals surface area contributed by atoms with Gasteiger partial charge < -0.3 is 24.5 Å². The first-order chi connectivity index (χ1) is 14.9. The number of hydrogen-bond acceptors (Lipinski definition) is 6. The lowest BCUT2D eigenvalue weighted by Gasteiger charge is -2.19. The zero-order valence-electron chi connectivity index (χ0n) is 17.6. The molecule has 0 atom stereocenters. The van der Waals surface area contributed by atoms with Crippen molar-refractivity contribution in [3.05, 3.63) is 59.6 Å². The zero-order valence-corrected chi connectivity index (χ0v) is 17.6. The Bertz CT molecular complexity index is 1180. The van der Waals surface area contributed by atoms with Crippen molar-refractivity contribution in [2.24, 2.45) is 5.92 Å². The summed E-state index contributed by atoms with van der Waals surface area (Å²) in [4.78, 5) is 21.4. The van der Waals surface area contributed by atoms with Crippen LogP contribution in [0.15, 0.2) is 48.2 Å². The summed E-state index contributed by atoms with van der Waals surface area (Å²) < 4.78 is 10.5.